The van der Waals surface area contributed by atoms with Gasteiger partial charge in [0.2, 0.25) is 0 Å². The van der Waals surface area contributed by atoms with Crippen molar-refractivity contribution in [3.05, 3.63) is 54.1 Å². The zero-order valence-electron chi connectivity index (χ0n) is 16.6. The number of nitrogens with two attached hydrogens (primary N) is 1. The Balaban J connectivity index is 1.88. The van der Waals surface area contributed by atoms with Crippen LogP contribution in [-0.4, -0.2) is 17.2 Å². The summed E-state index contributed by atoms with van der Waals surface area (Å²) in [7, 11) is 0. The summed E-state index contributed by atoms with van der Waals surface area (Å²) in [6, 6.07) is 15.9. The second-order valence-electron chi connectivity index (χ2n) is 8.16. The fraction of sp³-hybridized carbons (Fsp3) is 0.381. The highest BCUT2D eigenvalue weighted by Gasteiger charge is 2.24. The van der Waals surface area contributed by atoms with E-state index in [1.165, 1.54) is 11.9 Å². The Morgan fingerprint density at radius 3 is 2.15 bits per heavy atom. The van der Waals surface area contributed by atoms with Crippen LogP contribution in [0.15, 0.2) is 53.4 Å². The van der Waals surface area contributed by atoms with Crippen molar-refractivity contribution in [1.82, 2.24) is 5.32 Å². The van der Waals surface area contributed by atoms with Crippen molar-refractivity contribution in [2.45, 2.75) is 57.1 Å². The quantitative estimate of drug-likeness (QED) is 0.467. The van der Waals surface area contributed by atoms with Crippen LogP contribution in [0.25, 0.3) is 0 Å². The third-order valence-corrected chi connectivity index (χ3v) is 4.45. The highest BCUT2D eigenvalue weighted by atomic mass is 32.2. The van der Waals surface area contributed by atoms with Crippen LogP contribution in [-0.2, 0) is 11.2 Å². The Kier molecular flexibility index (Phi) is 6.65. The van der Waals surface area contributed by atoms with Crippen LogP contribution in [0.2, 0.25) is 0 Å². The van der Waals surface area contributed by atoms with E-state index in [9.17, 15) is 4.79 Å². The van der Waals surface area contributed by atoms with E-state index in [0.29, 0.717) is 6.42 Å². The van der Waals surface area contributed by atoms with E-state index in [-0.39, 0.29) is 0 Å². The summed E-state index contributed by atoms with van der Waals surface area (Å²) in [6.45, 7) is 9.54. The molecule has 1 amide bonds. The zero-order valence-corrected chi connectivity index (χ0v) is 17.4. The van der Waals surface area contributed by atoms with Gasteiger partial charge in [-0.25, -0.2) is 4.79 Å². The summed E-state index contributed by atoms with van der Waals surface area (Å²) in [5.41, 5.74) is 7.69. The van der Waals surface area contributed by atoms with Crippen molar-refractivity contribution in [3.63, 3.8) is 0 Å². The first-order valence-electron chi connectivity index (χ1n) is 8.91. The Hall–Kier alpha value is -2.34. The molecule has 0 fully saturated rings. The summed E-state index contributed by atoms with van der Waals surface area (Å²) in [4.78, 5) is 13.1. The van der Waals surface area contributed by atoms with E-state index in [2.05, 4.69) is 22.2 Å². The predicted octanol–water partition coefficient (Wildman–Crippen LogP) is 5.23. The molecule has 0 radical (unpaired) electrons. The van der Waals surface area contributed by atoms with E-state index in [1.807, 2.05) is 71.0 Å². The zero-order chi connectivity index (χ0) is 20.1. The molecule has 0 aliphatic heterocycles. The number of carbonyl (C=O) groups excluding carboxylic acids is 1. The summed E-state index contributed by atoms with van der Waals surface area (Å²) >= 11 is 1.54. The van der Waals surface area contributed by atoms with Gasteiger partial charge in [-0.1, -0.05) is 12.1 Å². The van der Waals surface area contributed by atoms with E-state index in [1.54, 1.807) is 0 Å². The smallest absolute Gasteiger partial charge is 0.408 e. The third-order valence-electron chi connectivity index (χ3n) is 3.61. The average Bonchev–Trinajstić information content (AvgIpc) is 2.53. The number of rotatable bonds is 6. The lowest BCUT2D eigenvalue weighted by Crippen LogP contribution is -2.47. The average molecular weight is 388 g/mol. The molecule has 2 rings (SSSR count). The van der Waals surface area contributed by atoms with Gasteiger partial charge in [-0.05, 0) is 94.9 Å². The molecule has 5 nitrogen and oxygen atoms in total. The molecule has 0 aliphatic carbocycles. The van der Waals surface area contributed by atoms with Crippen LogP contribution >= 0.6 is 11.9 Å². The van der Waals surface area contributed by atoms with Crippen molar-refractivity contribution in [1.29, 1.82) is 0 Å². The largest absolute Gasteiger partial charge is 0.444 e. The fourth-order valence-corrected chi connectivity index (χ4v) is 3.12. The van der Waals surface area contributed by atoms with Gasteiger partial charge in [0, 0.05) is 21.8 Å². The number of benzene rings is 2. The molecular formula is C21H29N3O2S. The van der Waals surface area contributed by atoms with Gasteiger partial charge in [0.25, 0.3) is 0 Å². The van der Waals surface area contributed by atoms with Crippen molar-refractivity contribution in [3.8, 4) is 0 Å². The highest BCUT2D eigenvalue weighted by molar-refractivity contribution is 8.00. The third kappa shape index (κ3) is 7.83. The molecule has 0 unspecified atom stereocenters. The molecule has 0 aromatic heterocycles. The molecule has 6 heteroatoms. The summed E-state index contributed by atoms with van der Waals surface area (Å²) in [5.74, 6) is 0. The molecule has 4 N–H and O–H groups in total. The standard InChI is InChI=1S/C21H29N3O2S/c1-20(2,3)26-19(25)23-21(4,5)14-15-6-10-17(11-7-15)24-27-18-12-8-16(22)9-13-18/h6-13,24H,14,22H2,1-5H3,(H,23,25). The first-order chi connectivity index (χ1) is 12.5. The molecule has 0 atom stereocenters. The Morgan fingerprint density at radius 2 is 1.59 bits per heavy atom. The number of hydrogen-bond acceptors (Lipinski definition) is 5. The summed E-state index contributed by atoms with van der Waals surface area (Å²) in [6.07, 6.45) is 0.308. The maximum absolute atomic E-state index is 12.0. The Bertz CT molecular complexity index is 750. The number of nitrogens with one attached hydrogen (secondary N) is 2. The van der Waals surface area contributed by atoms with Gasteiger partial charge in [-0.15, -0.1) is 0 Å². The second kappa shape index (κ2) is 8.57. The first-order valence-corrected chi connectivity index (χ1v) is 9.73. The monoisotopic (exact) mass is 387 g/mol. The van der Waals surface area contributed by atoms with Crippen LogP contribution in [0, 0.1) is 0 Å². The van der Waals surface area contributed by atoms with Gasteiger partial charge in [-0.3, -0.25) is 0 Å². The molecule has 0 spiro atoms. The van der Waals surface area contributed by atoms with E-state index in [0.717, 1.165) is 21.8 Å². The molecular weight excluding hydrogens is 358 g/mol. The molecule has 2 aromatic carbocycles. The van der Waals surface area contributed by atoms with Crippen molar-refractivity contribution >= 4 is 29.4 Å². The number of amides is 1. The molecule has 27 heavy (non-hydrogen) atoms. The first kappa shape index (κ1) is 21.0. The topological polar surface area (TPSA) is 76.4 Å². The van der Waals surface area contributed by atoms with Crippen LogP contribution in [0.3, 0.4) is 0 Å². The molecule has 0 bridgehead atoms. The van der Waals surface area contributed by atoms with Gasteiger partial charge < -0.3 is 20.5 Å². The maximum atomic E-state index is 12.0. The van der Waals surface area contributed by atoms with E-state index >= 15 is 0 Å². The van der Waals surface area contributed by atoms with Gasteiger partial charge >= 0.3 is 6.09 Å². The highest BCUT2D eigenvalue weighted by Crippen LogP contribution is 2.23. The second-order valence-corrected chi connectivity index (χ2v) is 9.04. The predicted molar refractivity (Wildman–Crippen MR) is 114 cm³/mol. The minimum Gasteiger partial charge on any atom is -0.444 e. The number of nitrogen functional groups attached to an aromatic ring is 1. The minimum atomic E-state index is -0.504. The lowest BCUT2D eigenvalue weighted by atomic mass is 9.95. The lowest BCUT2D eigenvalue weighted by Gasteiger charge is -2.28. The van der Waals surface area contributed by atoms with Gasteiger partial charge in [0.05, 0.1) is 0 Å². The van der Waals surface area contributed by atoms with Gasteiger partial charge in [0.1, 0.15) is 5.60 Å². The van der Waals surface area contributed by atoms with Crippen LogP contribution in [0.5, 0.6) is 0 Å². The fourth-order valence-electron chi connectivity index (χ4n) is 2.48. The number of alkyl carbamates (subject to hydrolysis) is 1. The molecule has 2 aromatic rings. The lowest BCUT2D eigenvalue weighted by molar-refractivity contribution is 0.0472. The number of hydrogen-bond donors (Lipinski definition) is 3. The number of carbonyl (C=O) groups is 1. The summed E-state index contributed by atoms with van der Waals surface area (Å²) in [5, 5.41) is 2.94. The van der Waals surface area contributed by atoms with Gasteiger partial charge in [-0.2, -0.15) is 0 Å². The number of anilines is 2. The molecule has 0 heterocycles. The van der Waals surface area contributed by atoms with Crippen LogP contribution < -0.4 is 15.8 Å². The van der Waals surface area contributed by atoms with Crippen molar-refractivity contribution in [2.24, 2.45) is 0 Å². The SMILES string of the molecule is CC(C)(Cc1ccc(NSc2ccc(N)cc2)cc1)NC(=O)OC(C)(C)C. The molecule has 0 aliphatic rings. The van der Waals surface area contributed by atoms with Crippen LogP contribution in [0.1, 0.15) is 40.2 Å². The normalized spacial score (nSPS) is 11.7. The van der Waals surface area contributed by atoms with Crippen LogP contribution in [0.4, 0.5) is 16.2 Å². The molecule has 0 saturated heterocycles. The Morgan fingerprint density at radius 1 is 1.00 bits per heavy atom. The Labute approximate surface area is 166 Å². The minimum absolute atomic E-state index is 0.398. The van der Waals surface area contributed by atoms with E-state index < -0.39 is 17.2 Å². The van der Waals surface area contributed by atoms with Gasteiger partial charge in [0.15, 0.2) is 0 Å². The van der Waals surface area contributed by atoms with E-state index in [4.69, 9.17) is 10.5 Å². The molecule has 0 saturated carbocycles. The number of ether oxygens (including phenoxy) is 1. The maximum Gasteiger partial charge on any atom is 0.408 e. The van der Waals surface area contributed by atoms with Crippen molar-refractivity contribution < 1.29 is 9.53 Å². The molecule has 146 valence electrons. The van der Waals surface area contributed by atoms with Crippen molar-refractivity contribution in [2.75, 3.05) is 10.5 Å². The summed E-state index contributed by atoms with van der Waals surface area (Å²) < 4.78 is 8.66.